The molecule has 1 aromatic rings. The molecule has 0 bridgehead atoms. The smallest absolute Gasteiger partial charge is 0.224 e. The van der Waals surface area contributed by atoms with Crippen LogP contribution in [0.3, 0.4) is 0 Å². The SMILES string of the molecule is CC(=O)N1CCN(c2ccc(NC(=O)CCC3CCS(=O)(=O)C3)cc2)CC1. The van der Waals surface area contributed by atoms with Crippen molar-refractivity contribution in [3.05, 3.63) is 24.3 Å². The first-order chi connectivity index (χ1) is 12.8. The number of rotatable bonds is 5. The Morgan fingerprint density at radius 1 is 1.11 bits per heavy atom. The summed E-state index contributed by atoms with van der Waals surface area (Å²) in [5.41, 5.74) is 1.82. The standard InChI is InChI=1S/C19H27N3O4S/c1-15(23)21-9-11-22(12-10-21)18-5-3-17(4-6-18)20-19(24)7-2-16-8-13-27(25,26)14-16/h3-6,16H,2,7-14H2,1H3,(H,20,24). The number of benzene rings is 1. The molecule has 1 N–H and O–H groups in total. The number of carbonyl (C=O) groups is 2. The third kappa shape index (κ3) is 5.45. The van der Waals surface area contributed by atoms with Gasteiger partial charge in [0.2, 0.25) is 11.8 Å². The van der Waals surface area contributed by atoms with E-state index in [1.165, 1.54) is 0 Å². The fraction of sp³-hybridized carbons (Fsp3) is 0.579. The van der Waals surface area contributed by atoms with E-state index in [-0.39, 0.29) is 29.2 Å². The molecule has 2 amide bonds. The molecule has 7 nitrogen and oxygen atoms in total. The number of nitrogens with zero attached hydrogens (tertiary/aromatic N) is 2. The summed E-state index contributed by atoms with van der Waals surface area (Å²) in [6.45, 7) is 4.65. The van der Waals surface area contributed by atoms with E-state index in [0.717, 1.165) is 37.6 Å². The zero-order chi connectivity index (χ0) is 19.4. The van der Waals surface area contributed by atoms with Crippen molar-refractivity contribution < 1.29 is 18.0 Å². The molecule has 1 atom stereocenters. The monoisotopic (exact) mass is 393 g/mol. The summed E-state index contributed by atoms with van der Waals surface area (Å²) in [6, 6.07) is 7.71. The second kappa shape index (κ2) is 8.29. The predicted octanol–water partition coefficient (Wildman–Crippen LogP) is 1.51. The predicted molar refractivity (Wildman–Crippen MR) is 106 cm³/mol. The van der Waals surface area contributed by atoms with E-state index in [2.05, 4.69) is 10.2 Å². The molecule has 8 heteroatoms. The molecule has 2 saturated heterocycles. The number of anilines is 2. The molecular weight excluding hydrogens is 366 g/mol. The van der Waals surface area contributed by atoms with Crippen molar-refractivity contribution in [2.75, 3.05) is 47.9 Å². The average Bonchev–Trinajstić information content (AvgIpc) is 3.00. The van der Waals surface area contributed by atoms with Gasteiger partial charge in [0, 0.05) is 50.9 Å². The van der Waals surface area contributed by atoms with Crippen molar-refractivity contribution in [1.82, 2.24) is 4.90 Å². The Hall–Kier alpha value is -2.09. The highest BCUT2D eigenvalue weighted by molar-refractivity contribution is 7.91. The number of nitrogens with one attached hydrogen (secondary N) is 1. The second-order valence-electron chi connectivity index (χ2n) is 7.40. The van der Waals surface area contributed by atoms with Crippen LogP contribution in [0.4, 0.5) is 11.4 Å². The van der Waals surface area contributed by atoms with Crippen LogP contribution in [0.25, 0.3) is 0 Å². The maximum absolute atomic E-state index is 12.1. The van der Waals surface area contributed by atoms with Crippen molar-refractivity contribution in [2.45, 2.75) is 26.2 Å². The Balaban J connectivity index is 1.45. The zero-order valence-electron chi connectivity index (χ0n) is 15.7. The molecular formula is C19H27N3O4S. The van der Waals surface area contributed by atoms with Gasteiger partial charge in [0.25, 0.3) is 0 Å². The number of amides is 2. The van der Waals surface area contributed by atoms with Crippen LogP contribution in [0, 0.1) is 5.92 Å². The van der Waals surface area contributed by atoms with E-state index < -0.39 is 9.84 Å². The van der Waals surface area contributed by atoms with Crippen LogP contribution in [0.5, 0.6) is 0 Å². The van der Waals surface area contributed by atoms with Crippen LogP contribution in [0.1, 0.15) is 26.2 Å². The summed E-state index contributed by atoms with van der Waals surface area (Å²) in [6.07, 6.45) is 1.62. The third-order valence-corrected chi connectivity index (χ3v) is 7.18. The quantitative estimate of drug-likeness (QED) is 0.819. The molecule has 1 aromatic carbocycles. The highest BCUT2D eigenvalue weighted by Gasteiger charge is 2.27. The fourth-order valence-electron chi connectivity index (χ4n) is 3.69. The molecule has 2 heterocycles. The van der Waals surface area contributed by atoms with Gasteiger partial charge in [-0.15, -0.1) is 0 Å². The molecule has 0 aromatic heterocycles. The van der Waals surface area contributed by atoms with Crippen molar-refractivity contribution >= 4 is 33.0 Å². The molecule has 148 valence electrons. The Morgan fingerprint density at radius 3 is 2.33 bits per heavy atom. The molecule has 2 aliphatic heterocycles. The minimum atomic E-state index is -2.88. The lowest BCUT2D eigenvalue weighted by atomic mass is 10.0. The minimum absolute atomic E-state index is 0.0814. The number of piperazine rings is 1. The first-order valence-corrected chi connectivity index (χ1v) is 11.3. The number of hydrogen-bond donors (Lipinski definition) is 1. The van der Waals surface area contributed by atoms with Crippen LogP contribution in [-0.4, -0.2) is 62.8 Å². The Morgan fingerprint density at radius 2 is 1.78 bits per heavy atom. The molecule has 3 rings (SSSR count). The van der Waals surface area contributed by atoms with Gasteiger partial charge in [-0.2, -0.15) is 0 Å². The van der Waals surface area contributed by atoms with Gasteiger partial charge in [-0.25, -0.2) is 8.42 Å². The molecule has 2 fully saturated rings. The van der Waals surface area contributed by atoms with E-state index in [1.807, 2.05) is 29.2 Å². The largest absolute Gasteiger partial charge is 0.368 e. The van der Waals surface area contributed by atoms with Crippen LogP contribution in [-0.2, 0) is 19.4 Å². The Bertz CT molecular complexity index is 784. The van der Waals surface area contributed by atoms with Crippen molar-refractivity contribution in [2.24, 2.45) is 5.92 Å². The van der Waals surface area contributed by atoms with Crippen LogP contribution < -0.4 is 10.2 Å². The molecule has 0 saturated carbocycles. The Kier molecular flexibility index (Phi) is 6.04. The van der Waals surface area contributed by atoms with Gasteiger partial charge in [-0.1, -0.05) is 0 Å². The lowest BCUT2D eigenvalue weighted by molar-refractivity contribution is -0.129. The molecule has 2 aliphatic rings. The molecule has 0 spiro atoms. The van der Waals surface area contributed by atoms with Crippen molar-refractivity contribution in [3.8, 4) is 0 Å². The zero-order valence-corrected chi connectivity index (χ0v) is 16.5. The van der Waals surface area contributed by atoms with E-state index in [1.54, 1.807) is 6.92 Å². The summed E-state index contributed by atoms with van der Waals surface area (Å²) in [5, 5.41) is 2.88. The van der Waals surface area contributed by atoms with E-state index >= 15 is 0 Å². The topological polar surface area (TPSA) is 86.8 Å². The normalized spacial score (nSPS) is 21.9. The average molecular weight is 394 g/mol. The van der Waals surface area contributed by atoms with Crippen LogP contribution in [0.2, 0.25) is 0 Å². The maximum Gasteiger partial charge on any atom is 0.224 e. The van der Waals surface area contributed by atoms with Crippen molar-refractivity contribution in [3.63, 3.8) is 0 Å². The van der Waals surface area contributed by atoms with Gasteiger partial charge >= 0.3 is 0 Å². The molecule has 0 aliphatic carbocycles. The van der Waals surface area contributed by atoms with Crippen LogP contribution in [0.15, 0.2) is 24.3 Å². The number of sulfone groups is 1. The minimum Gasteiger partial charge on any atom is -0.368 e. The maximum atomic E-state index is 12.1. The summed E-state index contributed by atoms with van der Waals surface area (Å²) in [7, 11) is -2.88. The summed E-state index contributed by atoms with van der Waals surface area (Å²) in [5.74, 6) is 0.606. The Labute approximate surface area is 160 Å². The first kappa shape index (κ1) is 19.7. The van der Waals surface area contributed by atoms with Gasteiger partial charge < -0.3 is 15.1 Å². The summed E-state index contributed by atoms with van der Waals surface area (Å²) >= 11 is 0. The van der Waals surface area contributed by atoms with Gasteiger partial charge in [0.05, 0.1) is 11.5 Å². The molecule has 27 heavy (non-hydrogen) atoms. The highest BCUT2D eigenvalue weighted by Crippen LogP contribution is 2.24. The number of hydrogen-bond acceptors (Lipinski definition) is 5. The number of carbonyl (C=O) groups excluding carboxylic acids is 2. The molecule has 1 unspecified atom stereocenters. The lowest BCUT2D eigenvalue weighted by Crippen LogP contribution is -2.48. The fourth-order valence-corrected chi connectivity index (χ4v) is 5.60. The summed E-state index contributed by atoms with van der Waals surface area (Å²) in [4.78, 5) is 27.6. The van der Waals surface area contributed by atoms with Crippen molar-refractivity contribution in [1.29, 1.82) is 0 Å². The summed E-state index contributed by atoms with van der Waals surface area (Å²) < 4.78 is 22.9. The van der Waals surface area contributed by atoms with Gasteiger partial charge in [-0.05, 0) is 43.0 Å². The first-order valence-electron chi connectivity index (χ1n) is 9.43. The molecule has 0 radical (unpaired) electrons. The van der Waals surface area contributed by atoms with Gasteiger partial charge in [-0.3, -0.25) is 9.59 Å². The van der Waals surface area contributed by atoms with E-state index in [0.29, 0.717) is 19.3 Å². The van der Waals surface area contributed by atoms with Crippen LogP contribution >= 0.6 is 0 Å². The second-order valence-corrected chi connectivity index (χ2v) is 9.62. The highest BCUT2D eigenvalue weighted by atomic mass is 32.2. The van der Waals surface area contributed by atoms with E-state index in [4.69, 9.17) is 0 Å². The van der Waals surface area contributed by atoms with Gasteiger partial charge in [0.15, 0.2) is 9.84 Å². The lowest BCUT2D eigenvalue weighted by Gasteiger charge is -2.35. The third-order valence-electron chi connectivity index (χ3n) is 5.35. The van der Waals surface area contributed by atoms with E-state index in [9.17, 15) is 18.0 Å². The van der Waals surface area contributed by atoms with Gasteiger partial charge in [0.1, 0.15) is 0 Å².